The van der Waals surface area contributed by atoms with E-state index in [0.717, 1.165) is 31.9 Å². The van der Waals surface area contributed by atoms with Crippen LogP contribution in [0.3, 0.4) is 0 Å². The zero-order chi connectivity index (χ0) is 18.6. The van der Waals surface area contributed by atoms with Crippen molar-refractivity contribution in [2.45, 2.75) is 13.0 Å². The number of pyridine rings is 1. The zero-order valence-corrected chi connectivity index (χ0v) is 15.4. The highest BCUT2D eigenvalue weighted by atomic mass is 35.5. The summed E-state index contributed by atoms with van der Waals surface area (Å²) in [5.74, 6) is -0.663. The van der Waals surface area contributed by atoms with Gasteiger partial charge < -0.3 is 24.2 Å². The molecule has 3 heterocycles. The average Bonchev–Trinajstić information content (AvgIpc) is 2.60. The van der Waals surface area contributed by atoms with Crippen LogP contribution >= 0.6 is 11.6 Å². The van der Waals surface area contributed by atoms with Crippen LogP contribution in [0.1, 0.15) is 23.3 Å². The number of aromatic nitrogens is 1. The molecule has 0 radical (unpaired) electrons. The molecule has 2 aliphatic heterocycles. The summed E-state index contributed by atoms with van der Waals surface area (Å²) in [6, 6.07) is 1.51. The van der Waals surface area contributed by atoms with Gasteiger partial charge in [0.1, 0.15) is 17.9 Å². The molecule has 2 aromatic rings. The van der Waals surface area contributed by atoms with Gasteiger partial charge in [0.25, 0.3) is 0 Å². The van der Waals surface area contributed by atoms with Gasteiger partial charge in [-0.3, -0.25) is 4.79 Å². The standard InChI is InChI=1S/C18H20ClN3O4/c1-10-9-26-17-14-11(16(23)12(18(24)25)8-22(10)14)7-13(19)15(17)21-5-3-20(2)4-6-21/h7-8,10H,3-6,9H2,1-2H3,(H,24,25). The van der Waals surface area contributed by atoms with Crippen LogP contribution in [0.5, 0.6) is 5.75 Å². The molecule has 7 nitrogen and oxygen atoms in total. The zero-order valence-electron chi connectivity index (χ0n) is 14.7. The fourth-order valence-corrected chi connectivity index (χ4v) is 4.00. The first kappa shape index (κ1) is 17.2. The number of carbonyl (C=O) groups is 1. The monoisotopic (exact) mass is 377 g/mol. The lowest BCUT2D eigenvalue weighted by molar-refractivity contribution is 0.0694. The van der Waals surface area contributed by atoms with Crippen LogP contribution < -0.4 is 15.1 Å². The highest BCUT2D eigenvalue weighted by molar-refractivity contribution is 6.35. The molecule has 26 heavy (non-hydrogen) atoms. The predicted molar refractivity (Wildman–Crippen MR) is 100 cm³/mol. The lowest BCUT2D eigenvalue weighted by Crippen LogP contribution is -2.45. The number of piperazine rings is 1. The van der Waals surface area contributed by atoms with Crippen LogP contribution in [0.4, 0.5) is 5.69 Å². The second kappa shape index (κ2) is 6.17. The van der Waals surface area contributed by atoms with Crippen molar-refractivity contribution in [3.8, 4) is 5.75 Å². The highest BCUT2D eigenvalue weighted by Crippen LogP contribution is 2.44. The van der Waals surface area contributed by atoms with Crippen LogP contribution in [0.2, 0.25) is 5.02 Å². The van der Waals surface area contributed by atoms with Crippen molar-refractivity contribution in [3.05, 3.63) is 33.1 Å². The Morgan fingerprint density at radius 2 is 2.00 bits per heavy atom. The molecule has 4 rings (SSSR count). The summed E-state index contributed by atoms with van der Waals surface area (Å²) < 4.78 is 7.84. The Bertz CT molecular complexity index is 963. The number of hydrogen-bond donors (Lipinski definition) is 1. The lowest BCUT2D eigenvalue weighted by Gasteiger charge is -2.37. The summed E-state index contributed by atoms with van der Waals surface area (Å²) in [4.78, 5) is 28.6. The molecule has 8 heteroatoms. The number of anilines is 1. The second-order valence-corrected chi connectivity index (χ2v) is 7.37. The Morgan fingerprint density at radius 1 is 1.31 bits per heavy atom. The lowest BCUT2D eigenvalue weighted by atomic mass is 10.1. The molecule has 1 aromatic heterocycles. The molecule has 0 spiro atoms. The maximum Gasteiger partial charge on any atom is 0.341 e. The van der Waals surface area contributed by atoms with Gasteiger partial charge in [-0.25, -0.2) is 4.79 Å². The fraction of sp³-hybridized carbons (Fsp3) is 0.444. The molecule has 1 saturated heterocycles. The second-order valence-electron chi connectivity index (χ2n) is 6.97. The van der Waals surface area contributed by atoms with Crippen molar-refractivity contribution in [3.63, 3.8) is 0 Å². The van der Waals surface area contributed by atoms with Gasteiger partial charge in [0.2, 0.25) is 5.43 Å². The van der Waals surface area contributed by atoms with Crippen molar-refractivity contribution in [1.82, 2.24) is 9.47 Å². The topological polar surface area (TPSA) is 75.0 Å². The van der Waals surface area contributed by atoms with E-state index < -0.39 is 11.4 Å². The number of rotatable bonds is 2. The van der Waals surface area contributed by atoms with Gasteiger partial charge in [-0.2, -0.15) is 0 Å². The molecule has 0 amide bonds. The van der Waals surface area contributed by atoms with Crippen LogP contribution in [0.15, 0.2) is 17.1 Å². The molecule has 1 N–H and O–H groups in total. The van der Waals surface area contributed by atoms with Gasteiger partial charge >= 0.3 is 5.97 Å². The minimum atomic E-state index is -1.24. The Kier molecular flexibility index (Phi) is 4.08. The third-order valence-electron chi connectivity index (χ3n) is 5.19. The van der Waals surface area contributed by atoms with Crippen molar-refractivity contribution in [1.29, 1.82) is 0 Å². The van der Waals surface area contributed by atoms with E-state index in [1.54, 1.807) is 6.07 Å². The summed E-state index contributed by atoms with van der Waals surface area (Å²) in [6.07, 6.45) is 1.42. The molecule has 0 saturated carbocycles. The molecule has 138 valence electrons. The third-order valence-corrected chi connectivity index (χ3v) is 5.48. The average molecular weight is 378 g/mol. The predicted octanol–water partition coefficient (Wildman–Crippen LogP) is 2.06. The summed E-state index contributed by atoms with van der Waals surface area (Å²) in [7, 11) is 2.08. The van der Waals surface area contributed by atoms with E-state index in [9.17, 15) is 14.7 Å². The van der Waals surface area contributed by atoms with Crippen molar-refractivity contribution < 1.29 is 14.6 Å². The van der Waals surface area contributed by atoms with Crippen LogP contribution in [0, 0.1) is 0 Å². The smallest absolute Gasteiger partial charge is 0.341 e. The van der Waals surface area contributed by atoms with Crippen molar-refractivity contribution in [2.75, 3.05) is 44.7 Å². The van der Waals surface area contributed by atoms with Gasteiger partial charge in [0.15, 0.2) is 5.75 Å². The van der Waals surface area contributed by atoms with E-state index in [1.165, 1.54) is 6.20 Å². The number of halogens is 1. The fourth-order valence-electron chi connectivity index (χ4n) is 3.69. The number of nitrogens with zero attached hydrogens (tertiary/aromatic N) is 3. The number of benzene rings is 1. The van der Waals surface area contributed by atoms with E-state index in [-0.39, 0.29) is 17.0 Å². The molecular formula is C18H20ClN3O4. The Labute approximate surface area is 155 Å². The molecule has 1 fully saturated rings. The van der Waals surface area contributed by atoms with E-state index in [2.05, 4.69) is 16.8 Å². The van der Waals surface area contributed by atoms with E-state index in [4.69, 9.17) is 16.3 Å². The first-order chi connectivity index (χ1) is 12.4. The SMILES string of the molecule is CC1COc2c(N3CCN(C)CC3)c(Cl)cc3c(=O)c(C(=O)O)cn1c23. The molecule has 1 unspecified atom stereocenters. The molecule has 0 aliphatic carbocycles. The summed E-state index contributed by atoms with van der Waals surface area (Å²) >= 11 is 6.54. The Balaban J connectivity index is 2.00. The number of ether oxygens (including phenoxy) is 1. The maximum absolute atomic E-state index is 12.7. The minimum Gasteiger partial charge on any atom is -0.487 e. The van der Waals surface area contributed by atoms with Gasteiger partial charge in [0.05, 0.1) is 22.0 Å². The van der Waals surface area contributed by atoms with Crippen molar-refractivity contribution >= 4 is 34.2 Å². The van der Waals surface area contributed by atoms with Crippen LogP contribution in [0.25, 0.3) is 10.9 Å². The quantitative estimate of drug-likeness (QED) is 0.863. The molecule has 2 aliphatic rings. The Hall–Kier alpha value is -2.25. The largest absolute Gasteiger partial charge is 0.487 e. The number of hydrogen-bond acceptors (Lipinski definition) is 5. The number of likely N-dealkylation sites (N-methyl/N-ethyl adjacent to an activating group) is 1. The van der Waals surface area contributed by atoms with E-state index in [1.807, 2.05) is 11.5 Å². The minimum absolute atomic E-state index is 0.0785. The van der Waals surface area contributed by atoms with Gasteiger partial charge in [-0.05, 0) is 20.0 Å². The molecule has 1 atom stereocenters. The normalized spacial score (nSPS) is 20.3. The summed E-state index contributed by atoms with van der Waals surface area (Å²) in [5.41, 5.74) is 0.627. The van der Waals surface area contributed by atoms with Crippen LogP contribution in [-0.4, -0.2) is 60.4 Å². The molecule has 1 aromatic carbocycles. The van der Waals surface area contributed by atoms with Gasteiger partial charge in [-0.15, -0.1) is 0 Å². The van der Waals surface area contributed by atoms with E-state index >= 15 is 0 Å². The van der Waals surface area contributed by atoms with Crippen molar-refractivity contribution in [2.24, 2.45) is 0 Å². The maximum atomic E-state index is 12.7. The highest BCUT2D eigenvalue weighted by Gasteiger charge is 2.30. The summed E-state index contributed by atoms with van der Waals surface area (Å²) in [6.45, 7) is 5.77. The molecular weight excluding hydrogens is 358 g/mol. The van der Waals surface area contributed by atoms with Gasteiger partial charge in [0, 0.05) is 32.4 Å². The van der Waals surface area contributed by atoms with Gasteiger partial charge in [-0.1, -0.05) is 11.6 Å². The number of carboxylic acid groups (broad SMARTS) is 1. The third kappa shape index (κ3) is 2.54. The first-order valence-electron chi connectivity index (χ1n) is 8.59. The summed E-state index contributed by atoms with van der Waals surface area (Å²) in [5, 5.41) is 10.1. The number of carboxylic acids is 1. The molecule has 0 bridgehead atoms. The Morgan fingerprint density at radius 3 is 2.65 bits per heavy atom. The number of aromatic carboxylic acids is 1. The van der Waals surface area contributed by atoms with E-state index in [0.29, 0.717) is 22.9 Å². The van der Waals surface area contributed by atoms with Crippen LogP contribution in [-0.2, 0) is 0 Å². The first-order valence-corrected chi connectivity index (χ1v) is 8.97.